The molecule has 2 rings (SSSR count). The molecule has 3 nitrogen and oxygen atoms in total. The molecule has 1 unspecified atom stereocenters. The van der Waals surface area contributed by atoms with Gasteiger partial charge >= 0.3 is 0 Å². The molecule has 0 amide bonds. The number of rotatable bonds is 5. The summed E-state index contributed by atoms with van der Waals surface area (Å²) in [6.45, 7) is 6.25. The van der Waals surface area contributed by atoms with Gasteiger partial charge in [-0.05, 0) is 38.5 Å². The monoisotopic (exact) mass is 310 g/mol. The largest absolute Gasteiger partial charge is 0.495 e. The molecule has 1 atom stereocenters. The van der Waals surface area contributed by atoms with Gasteiger partial charge in [0, 0.05) is 17.1 Å². The number of methoxy groups -OCH3 is 1. The lowest BCUT2D eigenvalue weighted by molar-refractivity contribution is 0.414. The number of nitrogens with one attached hydrogen (secondary N) is 1. The second-order valence-corrected chi connectivity index (χ2v) is 6.27. The zero-order chi connectivity index (χ0) is 14.7. The number of hydrogen-bond donors (Lipinski definition) is 1. The Morgan fingerprint density at radius 1 is 1.35 bits per heavy atom. The lowest BCUT2D eigenvalue weighted by atomic mass is 10.1. The Bertz CT molecular complexity index is 583. The third kappa shape index (κ3) is 3.51. The summed E-state index contributed by atoms with van der Waals surface area (Å²) in [5.74, 6) is 0.689. The molecule has 20 heavy (non-hydrogen) atoms. The molecule has 0 saturated carbocycles. The molecule has 1 heterocycles. The standard InChI is InChI=1S/C15H19ClN2OS/c1-9(2)17-14(15-18-10(3)8-20-15)11-5-6-13(19-4)12(16)7-11/h5-9,14,17H,1-4H3. The fourth-order valence-corrected chi connectivity index (χ4v) is 3.16. The molecule has 0 bridgehead atoms. The third-order valence-electron chi connectivity index (χ3n) is 2.89. The third-order valence-corrected chi connectivity index (χ3v) is 4.22. The summed E-state index contributed by atoms with van der Waals surface area (Å²) < 4.78 is 5.21. The highest BCUT2D eigenvalue weighted by Gasteiger charge is 2.19. The maximum Gasteiger partial charge on any atom is 0.137 e. The number of aryl methyl sites for hydroxylation is 1. The highest BCUT2D eigenvalue weighted by Crippen LogP contribution is 2.31. The van der Waals surface area contributed by atoms with Crippen molar-refractivity contribution in [2.45, 2.75) is 32.9 Å². The molecular weight excluding hydrogens is 292 g/mol. The van der Waals surface area contributed by atoms with Crippen LogP contribution in [0, 0.1) is 6.92 Å². The van der Waals surface area contributed by atoms with E-state index < -0.39 is 0 Å². The Kier molecular flexibility index (Phi) is 5.02. The minimum atomic E-state index is 0.0529. The van der Waals surface area contributed by atoms with Gasteiger partial charge in [-0.1, -0.05) is 17.7 Å². The van der Waals surface area contributed by atoms with Crippen LogP contribution in [0.25, 0.3) is 0 Å². The Labute approximate surface area is 129 Å². The highest BCUT2D eigenvalue weighted by molar-refractivity contribution is 7.09. The molecular formula is C15H19ClN2OS. The van der Waals surface area contributed by atoms with E-state index in [9.17, 15) is 0 Å². The van der Waals surface area contributed by atoms with Gasteiger partial charge in [-0.3, -0.25) is 0 Å². The van der Waals surface area contributed by atoms with Crippen molar-refractivity contribution in [2.75, 3.05) is 7.11 Å². The van der Waals surface area contributed by atoms with Gasteiger partial charge in [-0.15, -0.1) is 11.3 Å². The minimum absolute atomic E-state index is 0.0529. The van der Waals surface area contributed by atoms with Crippen LogP contribution in [-0.4, -0.2) is 18.1 Å². The second kappa shape index (κ2) is 6.57. The van der Waals surface area contributed by atoms with Crippen molar-refractivity contribution in [3.63, 3.8) is 0 Å². The molecule has 2 aromatic rings. The molecule has 108 valence electrons. The van der Waals surface area contributed by atoms with Gasteiger partial charge in [-0.2, -0.15) is 0 Å². The Morgan fingerprint density at radius 2 is 2.10 bits per heavy atom. The Balaban J connectivity index is 2.38. The van der Waals surface area contributed by atoms with Crippen molar-refractivity contribution < 1.29 is 4.74 Å². The van der Waals surface area contributed by atoms with E-state index in [1.807, 2.05) is 25.1 Å². The van der Waals surface area contributed by atoms with E-state index >= 15 is 0 Å². The normalized spacial score (nSPS) is 12.7. The summed E-state index contributed by atoms with van der Waals surface area (Å²) in [6.07, 6.45) is 0. The number of halogens is 1. The predicted molar refractivity (Wildman–Crippen MR) is 85.0 cm³/mol. The first-order valence-corrected chi connectivity index (χ1v) is 7.78. The van der Waals surface area contributed by atoms with Crippen LogP contribution in [0.5, 0.6) is 5.75 Å². The lowest BCUT2D eigenvalue weighted by Crippen LogP contribution is -2.28. The summed E-state index contributed by atoms with van der Waals surface area (Å²) in [5.41, 5.74) is 2.14. The number of benzene rings is 1. The smallest absolute Gasteiger partial charge is 0.137 e. The quantitative estimate of drug-likeness (QED) is 0.898. The van der Waals surface area contributed by atoms with Crippen LogP contribution in [0.2, 0.25) is 5.02 Å². The van der Waals surface area contributed by atoms with Crippen LogP contribution in [0.1, 0.15) is 36.2 Å². The Hall–Kier alpha value is -1.10. The van der Waals surface area contributed by atoms with Gasteiger partial charge in [0.15, 0.2) is 0 Å². The summed E-state index contributed by atoms with van der Waals surface area (Å²) in [4.78, 5) is 4.59. The van der Waals surface area contributed by atoms with Gasteiger partial charge in [0.05, 0.1) is 18.2 Å². The van der Waals surface area contributed by atoms with Gasteiger partial charge < -0.3 is 10.1 Å². The zero-order valence-electron chi connectivity index (χ0n) is 12.1. The number of aromatic nitrogens is 1. The van der Waals surface area contributed by atoms with Crippen molar-refractivity contribution in [3.05, 3.63) is 44.9 Å². The summed E-state index contributed by atoms with van der Waals surface area (Å²) in [5, 5.41) is 7.28. The van der Waals surface area contributed by atoms with Crippen LogP contribution in [-0.2, 0) is 0 Å². The molecule has 1 aromatic carbocycles. The summed E-state index contributed by atoms with van der Waals surface area (Å²) in [7, 11) is 1.62. The van der Waals surface area contributed by atoms with Crippen LogP contribution in [0.15, 0.2) is 23.6 Å². The molecule has 5 heteroatoms. The molecule has 0 saturated heterocycles. The van der Waals surface area contributed by atoms with Crippen molar-refractivity contribution in [3.8, 4) is 5.75 Å². The first-order valence-electron chi connectivity index (χ1n) is 6.52. The van der Waals surface area contributed by atoms with E-state index in [1.165, 1.54) is 0 Å². The molecule has 0 aliphatic rings. The van der Waals surface area contributed by atoms with E-state index in [2.05, 4.69) is 29.5 Å². The average molecular weight is 311 g/mol. The number of nitrogens with zero attached hydrogens (tertiary/aromatic N) is 1. The summed E-state index contributed by atoms with van der Waals surface area (Å²) in [6, 6.07) is 6.27. The molecule has 0 radical (unpaired) electrons. The van der Waals surface area contributed by atoms with E-state index in [0.717, 1.165) is 16.3 Å². The minimum Gasteiger partial charge on any atom is -0.495 e. The fourth-order valence-electron chi connectivity index (χ4n) is 2.01. The topological polar surface area (TPSA) is 34.1 Å². The fraction of sp³-hybridized carbons (Fsp3) is 0.400. The molecule has 0 spiro atoms. The molecule has 0 aliphatic carbocycles. The summed E-state index contributed by atoms with van der Waals surface area (Å²) >= 11 is 7.90. The predicted octanol–water partition coefficient (Wildman–Crippen LogP) is 4.20. The van der Waals surface area contributed by atoms with Gasteiger partial charge in [0.25, 0.3) is 0 Å². The molecule has 1 aromatic heterocycles. The van der Waals surface area contributed by atoms with Crippen LogP contribution in [0.3, 0.4) is 0 Å². The SMILES string of the molecule is COc1ccc(C(NC(C)C)c2nc(C)cs2)cc1Cl. The first kappa shape index (κ1) is 15.3. The molecule has 0 fully saturated rings. The van der Waals surface area contributed by atoms with E-state index in [1.54, 1.807) is 18.4 Å². The van der Waals surface area contributed by atoms with Gasteiger partial charge in [0.2, 0.25) is 0 Å². The van der Waals surface area contributed by atoms with Crippen molar-refractivity contribution in [1.82, 2.24) is 10.3 Å². The number of hydrogen-bond acceptors (Lipinski definition) is 4. The zero-order valence-corrected chi connectivity index (χ0v) is 13.7. The maximum atomic E-state index is 6.23. The van der Waals surface area contributed by atoms with Gasteiger partial charge in [-0.25, -0.2) is 4.98 Å². The molecule has 1 N–H and O–H groups in total. The molecule has 0 aliphatic heterocycles. The lowest BCUT2D eigenvalue weighted by Gasteiger charge is -2.20. The van der Waals surface area contributed by atoms with Gasteiger partial charge in [0.1, 0.15) is 10.8 Å². The highest BCUT2D eigenvalue weighted by atomic mass is 35.5. The Morgan fingerprint density at radius 3 is 2.60 bits per heavy atom. The average Bonchev–Trinajstić information content (AvgIpc) is 2.82. The van der Waals surface area contributed by atoms with Crippen molar-refractivity contribution in [2.24, 2.45) is 0 Å². The number of thiazole rings is 1. The van der Waals surface area contributed by atoms with E-state index in [4.69, 9.17) is 16.3 Å². The van der Waals surface area contributed by atoms with Crippen molar-refractivity contribution >= 4 is 22.9 Å². The van der Waals surface area contributed by atoms with E-state index in [-0.39, 0.29) is 6.04 Å². The van der Waals surface area contributed by atoms with Crippen molar-refractivity contribution in [1.29, 1.82) is 0 Å². The first-order chi connectivity index (χ1) is 9.51. The van der Waals surface area contributed by atoms with Crippen LogP contribution < -0.4 is 10.1 Å². The van der Waals surface area contributed by atoms with Crippen LogP contribution in [0.4, 0.5) is 0 Å². The van der Waals surface area contributed by atoms with Crippen LogP contribution >= 0.6 is 22.9 Å². The number of ether oxygens (including phenoxy) is 1. The maximum absolute atomic E-state index is 6.23. The van der Waals surface area contributed by atoms with E-state index in [0.29, 0.717) is 16.8 Å². The second-order valence-electron chi connectivity index (χ2n) is 4.98.